The van der Waals surface area contributed by atoms with Crippen LogP contribution in [0.15, 0.2) is 0 Å². The van der Waals surface area contributed by atoms with Gasteiger partial charge >= 0.3 is 0 Å². The van der Waals surface area contributed by atoms with Gasteiger partial charge in [-0.25, -0.2) is 0 Å². The third-order valence-electron chi connectivity index (χ3n) is 11.5. The molecule has 0 bridgehead atoms. The summed E-state index contributed by atoms with van der Waals surface area (Å²) >= 11 is 0. The maximum atomic E-state index is 14.2. The summed E-state index contributed by atoms with van der Waals surface area (Å²) in [6.07, 6.45) is 11.4. The van der Waals surface area contributed by atoms with Gasteiger partial charge in [0.05, 0.1) is 24.7 Å². The molecule has 1 heterocycles. The molecule has 1 saturated heterocycles. The number of rotatable bonds is 9. The number of carbonyl (C=O) groups is 5. The fourth-order valence-corrected chi connectivity index (χ4v) is 8.17. The Hall–Kier alpha value is -2.81. The lowest BCUT2D eigenvalue weighted by Gasteiger charge is -2.37. The average Bonchev–Trinajstić information content (AvgIpc) is 3.11. The normalized spacial score (nSPS) is 34.7. The molecule has 4 rings (SSSR count). The molecule has 8 N–H and O–H groups in total. The van der Waals surface area contributed by atoms with E-state index >= 15 is 0 Å². The molecule has 3 aliphatic carbocycles. The highest BCUT2D eigenvalue weighted by molar-refractivity contribution is 5.96. The van der Waals surface area contributed by atoms with E-state index in [0.29, 0.717) is 38.0 Å². The van der Waals surface area contributed by atoms with E-state index in [2.05, 4.69) is 21.3 Å². The minimum Gasteiger partial charge on any atom is -0.375 e. The topological polar surface area (TPSA) is 207 Å². The van der Waals surface area contributed by atoms with Gasteiger partial charge in [0, 0.05) is 19.6 Å². The molecule has 0 aromatic carbocycles. The van der Waals surface area contributed by atoms with E-state index in [1.165, 1.54) is 11.3 Å². The summed E-state index contributed by atoms with van der Waals surface area (Å²) in [4.78, 5) is 71.2. The van der Waals surface area contributed by atoms with E-state index < -0.39 is 66.0 Å². The number of amides is 5. The van der Waals surface area contributed by atoms with Crippen molar-refractivity contribution in [3.63, 3.8) is 0 Å². The molecule has 7 atom stereocenters. The van der Waals surface area contributed by atoms with Crippen molar-refractivity contribution in [1.29, 1.82) is 0 Å². The maximum absolute atomic E-state index is 14.2. The zero-order valence-corrected chi connectivity index (χ0v) is 31.3. The molecule has 290 valence electrons. The van der Waals surface area contributed by atoms with Gasteiger partial charge in [0.25, 0.3) is 0 Å². The second-order valence-electron chi connectivity index (χ2n) is 15.5. The lowest BCUT2D eigenvalue weighted by atomic mass is 9.82. The largest absolute Gasteiger partial charge is 0.375 e. The molecule has 5 amide bonds. The van der Waals surface area contributed by atoms with Crippen LogP contribution in [0.4, 0.5) is 0 Å². The monoisotopic (exact) mass is 719 g/mol. The summed E-state index contributed by atoms with van der Waals surface area (Å²) in [6, 6.07) is -3.98. The highest BCUT2D eigenvalue weighted by Gasteiger charge is 2.40. The highest BCUT2D eigenvalue weighted by Crippen LogP contribution is 2.32. The van der Waals surface area contributed by atoms with Gasteiger partial charge in [0.2, 0.25) is 29.5 Å². The number of carbonyl (C=O) groups excluding carboxylic acids is 5. The summed E-state index contributed by atoms with van der Waals surface area (Å²) < 4.78 is 12.5. The smallest absolute Gasteiger partial charge is 0.246 e. The Balaban J connectivity index is 1.66. The molecule has 14 nitrogen and oxygen atoms in total. The van der Waals surface area contributed by atoms with Crippen LogP contribution in [0, 0.1) is 17.8 Å². The number of nitrogens with zero attached hydrogens (tertiary/aromatic N) is 1. The van der Waals surface area contributed by atoms with E-state index in [1.807, 2.05) is 13.8 Å². The summed E-state index contributed by atoms with van der Waals surface area (Å²) in [5.41, 5.74) is 12.0. The third-order valence-corrected chi connectivity index (χ3v) is 11.5. The lowest BCUT2D eigenvalue weighted by molar-refractivity contribution is -0.151. The molecule has 0 aromatic rings. The van der Waals surface area contributed by atoms with Gasteiger partial charge in [-0.3, -0.25) is 24.0 Å². The number of likely N-dealkylation sites (N-methyl/N-ethyl adjacent to an activating group) is 1. The second-order valence-corrected chi connectivity index (χ2v) is 15.5. The summed E-state index contributed by atoms with van der Waals surface area (Å²) in [5.74, 6) is -2.71. The Bertz CT molecular complexity index is 1170. The maximum Gasteiger partial charge on any atom is 0.246 e. The Morgan fingerprint density at radius 2 is 1.41 bits per heavy atom. The zero-order chi connectivity index (χ0) is 37.1. The van der Waals surface area contributed by atoms with Gasteiger partial charge in [0.1, 0.15) is 30.4 Å². The molecule has 0 unspecified atom stereocenters. The molecule has 0 aromatic heterocycles. The van der Waals surface area contributed by atoms with Crippen LogP contribution in [0.3, 0.4) is 0 Å². The molecule has 51 heavy (non-hydrogen) atoms. The first-order valence-electron chi connectivity index (χ1n) is 19.6. The van der Waals surface area contributed by atoms with E-state index in [-0.39, 0.29) is 37.1 Å². The van der Waals surface area contributed by atoms with Gasteiger partial charge in [0.15, 0.2) is 0 Å². The van der Waals surface area contributed by atoms with E-state index in [0.717, 1.165) is 57.8 Å². The second kappa shape index (κ2) is 19.9. The Morgan fingerprint density at radius 3 is 2.02 bits per heavy atom. The average molecular weight is 720 g/mol. The minimum atomic E-state index is -1.17. The van der Waals surface area contributed by atoms with E-state index in [1.54, 1.807) is 14.0 Å². The van der Waals surface area contributed by atoms with Crippen molar-refractivity contribution >= 4 is 29.5 Å². The fraction of sp³-hybridized carbons (Fsp3) is 0.865. The first-order chi connectivity index (χ1) is 24.4. The Kier molecular flexibility index (Phi) is 16.0. The van der Waals surface area contributed by atoms with Crippen molar-refractivity contribution in [2.45, 2.75) is 166 Å². The van der Waals surface area contributed by atoms with Crippen LogP contribution in [-0.2, 0) is 33.4 Å². The quantitative estimate of drug-likeness (QED) is 0.204. The van der Waals surface area contributed by atoms with Crippen LogP contribution in [0.2, 0.25) is 0 Å². The van der Waals surface area contributed by atoms with E-state index in [9.17, 15) is 24.0 Å². The van der Waals surface area contributed by atoms with Crippen LogP contribution in [0.1, 0.15) is 117 Å². The molecule has 1 aliphatic heterocycles. The first-order valence-corrected chi connectivity index (χ1v) is 19.6. The third kappa shape index (κ3) is 11.6. The number of nitrogens with one attached hydrogen (secondary N) is 4. The lowest BCUT2D eigenvalue weighted by Crippen LogP contribution is -2.62. The van der Waals surface area contributed by atoms with Crippen LogP contribution >= 0.6 is 0 Å². The number of nitrogens with two attached hydrogens (primary N) is 2. The predicted octanol–water partition coefficient (Wildman–Crippen LogP) is 1.58. The molecule has 0 spiro atoms. The van der Waals surface area contributed by atoms with Crippen molar-refractivity contribution in [2.75, 3.05) is 20.2 Å². The molecule has 4 aliphatic rings. The highest BCUT2D eigenvalue weighted by atomic mass is 16.5. The van der Waals surface area contributed by atoms with Crippen molar-refractivity contribution in [1.82, 2.24) is 26.2 Å². The minimum absolute atomic E-state index is 0.0358. The fourth-order valence-electron chi connectivity index (χ4n) is 8.17. The van der Waals surface area contributed by atoms with E-state index in [4.69, 9.17) is 20.9 Å². The van der Waals surface area contributed by atoms with Gasteiger partial charge in [-0.1, -0.05) is 71.6 Å². The van der Waals surface area contributed by atoms with Crippen LogP contribution in [-0.4, -0.2) is 103 Å². The molecule has 0 radical (unpaired) electrons. The molecule has 3 saturated carbocycles. The molecular formula is C37H65N7O7. The van der Waals surface area contributed by atoms with Gasteiger partial charge in [-0.05, 0) is 57.3 Å². The van der Waals surface area contributed by atoms with Crippen molar-refractivity contribution in [3.05, 3.63) is 0 Å². The van der Waals surface area contributed by atoms with Crippen molar-refractivity contribution in [3.8, 4) is 0 Å². The molecular weight excluding hydrogens is 654 g/mol. The number of hydrogen-bond donors (Lipinski definition) is 6. The predicted molar refractivity (Wildman–Crippen MR) is 193 cm³/mol. The Labute approximate surface area is 304 Å². The number of ether oxygens (including phenoxy) is 2. The Morgan fingerprint density at radius 1 is 0.804 bits per heavy atom. The first kappa shape index (κ1) is 41.0. The summed E-state index contributed by atoms with van der Waals surface area (Å²) in [5, 5.41) is 11.4. The number of hydrogen-bond acceptors (Lipinski definition) is 9. The summed E-state index contributed by atoms with van der Waals surface area (Å²) in [7, 11) is 1.64. The van der Waals surface area contributed by atoms with Crippen LogP contribution in [0.25, 0.3) is 0 Å². The van der Waals surface area contributed by atoms with Crippen LogP contribution < -0.4 is 32.7 Å². The zero-order valence-electron chi connectivity index (χ0n) is 31.3. The summed E-state index contributed by atoms with van der Waals surface area (Å²) in [6.45, 7) is 5.14. The van der Waals surface area contributed by atoms with Crippen LogP contribution in [0.5, 0.6) is 0 Å². The van der Waals surface area contributed by atoms with Crippen molar-refractivity contribution in [2.24, 2.45) is 29.2 Å². The van der Waals surface area contributed by atoms with Gasteiger partial charge in [-0.15, -0.1) is 0 Å². The van der Waals surface area contributed by atoms with Crippen molar-refractivity contribution < 1.29 is 33.4 Å². The molecule has 14 heteroatoms. The molecule has 4 fully saturated rings. The van der Waals surface area contributed by atoms with Gasteiger partial charge < -0.3 is 47.1 Å². The SMILES string of the molecule is CCC[C@H]1C(=O)N[C@@H](C2CCCCC2)C(=O)N[C@@H](CN)C(=O)N[C@@H](COC2CC(N)C2)C(=O)N[C@H](C)O[C@H](CC2CCCCC2)[C@@H](C)C(=O)N1C. The van der Waals surface area contributed by atoms with Gasteiger partial charge in [-0.2, -0.15) is 0 Å². The standard InChI is InChI=1S/C37H65N7O7/c1-5-12-30-35(47)43-32(25-15-10-7-11-16-25)36(48)41-28(20-38)33(45)42-29(21-50-27-18-26(39)19-27)34(46)40-23(3)51-31(22(2)37(49)44(30)4)17-24-13-8-6-9-14-24/h22-32H,5-21,38-39H2,1-4H3,(H,40,46)(H,41,48)(H,42,45)(H,43,47)/t22-,23+,26?,27?,28+,29+,30+,31-,32+/m1/s1.